The van der Waals surface area contributed by atoms with Gasteiger partial charge in [-0.25, -0.2) is 4.39 Å². The first-order valence-electron chi connectivity index (χ1n) is 10.4. The minimum Gasteiger partial charge on any atom is -0.370 e. The summed E-state index contributed by atoms with van der Waals surface area (Å²) in [5.41, 5.74) is 19.6. The first-order chi connectivity index (χ1) is 16.2. The van der Waals surface area contributed by atoms with Gasteiger partial charge in [-0.2, -0.15) is 0 Å². The van der Waals surface area contributed by atoms with Crippen molar-refractivity contribution >= 4 is 41.0 Å². The molecule has 2 aromatic rings. The Kier molecular flexibility index (Phi) is 7.90. The fraction of sp³-hybridized carbons (Fsp3) is 0.273. The third-order valence-electron chi connectivity index (χ3n) is 5.39. The predicted octanol–water partition coefficient (Wildman–Crippen LogP) is 0.755. The number of anilines is 1. The molecule has 0 saturated carbocycles. The Morgan fingerprint density at radius 2 is 1.91 bits per heavy atom. The first kappa shape index (κ1) is 24.8. The molecule has 2 atom stereocenters. The smallest absolute Gasteiger partial charge is 0.313 e. The van der Waals surface area contributed by atoms with Gasteiger partial charge in [0.15, 0.2) is 11.9 Å². The number of carbonyl (C=O) groups is 2. The Balaban J connectivity index is 1.76. The first-order valence-corrected chi connectivity index (χ1v) is 10.8. The Labute approximate surface area is 200 Å². The lowest BCUT2D eigenvalue weighted by Gasteiger charge is -2.20. The van der Waals surface area contributed by atoms with Crippen LogP contribution in [0.3, 0.4) is 0 Å². The summed E-state index contributed by atoms with van der Waals surface area (Å²) in [5, 5.41) is 8.03. The summed E-state index contributed by atoms with van der Waals surface area (Å²) in [7, 11) is 1.59. The van der Waals surface area contributed by atoms with E-state index >= 15 is 0 Å². The van der Waals surface area contributed by atoms with Gasteiger partial charge in [0.05, 0.1) is 11.1 Å². The normalized spacial score (nSPS) is 17.0. The molecule has 0 saturated heterocycles. The summed E-state index contributed by atoms with van der Waals surface area (Å²) < 4.78 is 13.6. The summed E-state index contributed by atoms with van der Waals surface area (Å²) in [6.45, 7) is 0.737. The molecule has 2 amide bonds. The molecule has 0 aromatic heterocycles. The van der Waals surface area contributed by atoms with E-state index in [1.807, 2.05) is 18.2 Å². The topological polar surface area (TPSA) is 173 Å². The van der Waals surface area contributed by atoms with Gasteiger partial charge in [0.1, 0.15) is 5.82 Å². The van der Waals surface area contributed by atoms with Gasteiger partial charge in [0.2, 0.25) is 0 Å². The third-order valence-corrected chi connectivity index (χ3v) is 5.70. The number of nitrogens with two attached hydrogens (primary N) is 3. The van der Waals surface area contributed by atoms with Crippen LogP contribution in [0.5, 0.6) is 0 Å². The highest BCUT2D eigenvalue weighted by Gasteiger charge is 2.35. The lowest BCUT2D eigenvalue weighted by atomic mass is 10.0. The largest absolute Gasteiger partial charge is 0.370 e. The number of nitrogens with zero attached hydrogens (tertiary/aromatic N) is 2. The maximum absolute atomic E-state index is 13.6. The number of rotatable bonds is 6. The number of hydrogen-bond acceptors (Lipinski definition) is 4. The molecule has 1 aliphatic rings. The van der Waals surface area contributed by atoms with Gasteiger partial charge in [-0.1, -0.05) is 29.8 Å². The van der Waals surface area contributed by atoms with Crippen molar-refractivity contribution < 1.29 is 14.0 Å². The minimum atomic E-state index is -0.939. The monoisotopic (exact) mass is 488 g/mol. The standard InChI is InChI=1S/C22H26ClFN8O2/c1-28-22(27)30-9-11-2-4-15-12(6-11)7-13(10-29-21(25)26)18(15)32-20(34)19(33)31-14-3-5-16(23)17(24)8-14/h2-6,8,13,18H,7,9-10H2,1H3,(H,31,33)(H,32,34)(H4,25,26,29)(H3,27,28,30)/t13-,18-/m1/s1. The number of nitrogens with one attached hydrogen (secondary N) is 3. The van der Waals surface area contributed by atoms with Gasteiger partial charge in [-0.15, -0.1) is 0 Å². The van der Waals surface area contributed by atoms with Crippen molar-refractivity contribution in [3.05, 3.63) is 63.9 Å². The van der Waals surface area contributed by atoms with Crippen LogP contribution < -0.4 is 33.2 Å². The molecule has 2 aromatic carbocycles. The Morgan fingerprint density at radius 1 is 1.15 bits per heavy atom. The molecule has 0 heterocycles. The van der Waals surface area contributed by atoms with E-state index in [-0.39, 0.29) is 29.1 Å². The van der Waals surface area contributed by atoms with Crippen LogP contribution in [0.1, 0.15) is 22.7 Å². The van der Waals surface area contributed by atoms with Crippen LogP contribution in [-0.4, -0.2) is 37.3 Å². The number of halogens is 2. The van der Waals surface area contributed by atoms with Crippen LogP contribution in [-0.2, 0) is 22.6 Å². The maximum atomic E-state index is 13.6. The van der Waals surface area contributed by atoms with E-state index in [2.05, 4.69) is 25.9 Å². The molecule has 180 valence electrons. The van der Waals surface area contributed by atoms with Gasteiger partial charge in [0.25, 0.3) is 0 Å². The van der Waals surface area contributed by atoms with Crippen LogP contribution in [0.2, 0.25) is 5.02 Å². The molecule has 0 aliphatic heterocycles. The van der Waals surface area contributed by atoms with Gasteiger partial charge >= 0.3 is 11.8 Å². The maximum Gasteiger partial charge on any atom is 0.313 e. The van der Waals surface area contributed by atoms with Crippen molar-refractivity contribution in [1.29, 1.82) is 0 Å². The number of fused-ring (bicyclic) bond motifs is 1. The molecule has 0 fully saturated rings. The molecule has 9 N–H and O–H groups in total. The molecule has 12 heteroatoms. The lowest BCUT2D eigenvalue weighted by Crippen LogP contribution is -2.40. The van der Waals surface area contributed by atoms with Crippen LogP contribution in [0.4, 0.5) is 10.1 Å². The van der Waals surface area contributed by atoms with Crippen LogP contribution in [0.15, 0.2) is 46.4 Å². The second-order valence-corrected chi connectivity index (χ2v) is 8.17. The number of aliphatic imine (C=N–C) groups is 2. The van der Waals surface area contributed by atoms with E-state index < -0.39 is 23.7 Å². The summed E-state index contributed by atoms with van der Waals surface area (Å²) >= 11 is 5.65. The molecule has 10 nitrogen and oxygen atoms in total. The number of carbonyl (C=O) groups excluding carboxylic acids is 2. The van der Waals surface area contributed by atoms with E-state index in [1.165, 1.54) is 12.1 Å². The molecule has 34 heavy (non-hydrogen) atoms. The fourth-order valence-electron chi connectivity index (χ4n) is 3.73. The van der Waals surface area contributed by atoms with Crippen molar-refractivity contribution in [3.8, 4) is 0 Å². The Bertz CT molecular complexity index is 1150. The fourth-order valence-corrected chi connectivity index (χ4v) is 3.85. The highest BCUT2D eigenvalue weighted by atomic mass is 35.5. The molecule has 1 aliphatic carbocycles. The molecular formula is C22H26ClFN8O2. The lowest BCUT2D eigenvalue weighted by molar-refractivity contribution is -0.136. The van der Waals surface area contributed by atoms with Crippen molar-refractivity contribution in [2.75, 3.05) is 18.9 Å². The Hall–Kier alpha value is -3.86. The molecule has 0 bridgehead atoms. The van der Waals surface area contributed by atoms with Gasteiger partial charge in [-0.3, -0.25) is 19.6 Å². The van der Waals surface area contributed by atoms with E-state index in [9.17, 15) is 14.0 Å². The van der Waals surface area contributed by atoms with E-state index in [0.717, 1.165) is 22.8 Å². The summed E-state index contributed by atoms with van der Waals surface area (Å²) in [4.78, 5) is 33.0. The second-order valence-electron chi connectivity index (χ2n) is 7.76. The third kappa shape index (κ3) is 6.13. The molecule has 0 radical (unpaired) electrons. The van der Waals surface area contributed by atoms with Crippen molar-refractivity contribution in [2.24, 2.45) is 33.1 Å². The average Bonchev–Trinajstić information content (AvgIpc) is 3.14. The van der Waals surface area contributed by atoms with Crippen LogP contribution in [0, 0.1) is 11.7 Å². The van der Waals surface area contributed by atoms with Gasteiger partial charge in [0, 0.05) is 31.7 Å². The van der Waals surface area contributed by atoms with Crippen molar-refractivity contribution in [1.82, 2.24) is 10.6 Å². The number of benzene rings is 2. The number of amides is 2. The molecule has 0 spiro atoms. The van der Waals surface area contributed by atoms with Crippen molar-refractivity contribution in [3.63, 3.8) is 0 Å². The molecule has 3 rings (SSSR count). The minimum absolute atomic E-state index is 0.0669. The van der Waals surface area contributed by atoms with E-state index in [1.54, 1.807) is 7.05 Å². The number of hydrogen-bond donors (Lipinski definition) is 6. The summed E-state index contributed by atoms with van der Waals surface area (Å²) in [5.74, 6) is -2.44. The summed E-state index contributed by atoms with van der Waals surface area (Å²) in [6, 6.07) is 9.00. The van der Waals surface area contributed by atoms with Crippen LogP contribution >= 0.6 is 11.6 Å². The molecular weight excluding hydrogens is 463 g/mol. The van der Waals surface area contributed by atoms with Crippen LogP contribution in [0.25, 0.3) is 0 Å². The second kappa shape index (κ2) is 10.8. The number of guanidine groups is 2. The summed E-state index contributed by atoms with van der Waals surface area (Å²) in [6.07, 6.45) is 0.590. The SMILES string of the molecule is CN=C(N)NCc1ccc2c(c1)C[C@H](CN=C(N)N)[C@H]2NC(=O)C(=O)Nc1ccc(Cl)c(F)c1. The van der Waals surface area contributed by atoms with E-state index in [0.29, 0.717) is 18.9 Å². The zero-order valence-corrected chi connectivity index (χ0v) is 19.2. The Morgan fingerprint density at radius 3 is 2.59 bits per heavy atom. The zero-order valence-electron chi connectivity index (χ0n) is 18.4. The van der Waals surface area contributed by atoms with Crippen molar-refractivity contribution in [2.45, 2.75) is 19.0 Å². The zero-order chi connectivity index (χ0) is 24.8. The quantitative estimate of drug-likeness (QED) is 0.199. The van der Waals surface area contributed by atoms with Gasteiger partial charge in [-0.05, 0) is 41.3 Å². The average molecular weight is 489 g/mol. The van der Waals surface area contributed by atoms with E-state index in [4.69, 9.17) is 28.8 Å². The highest BCUT2D eigenvalue weighted by molar-refractivity contribution is 6.39. The molecule has 0 unspecified atom stereocenters. The van der Waals surface area contributed by atoms with Gasteiger partial charge < -0.3 is 33.2 Å². The highest BCUT2D eigenvalue weighted by Crippen LogP contribution is 2.37. The predicted molar refractivity (Wildman–Crippen MR) is 130 cm³/mol.